The maximum Gasteiger partial charge on any atom is 0.325 e. The second-order valence-electron chi connectivity index (χ2n) is 16.2. The molecular weight excluding hydrogens is 662 g/mol. The predicted molar refractivity (Wildman–Crippen MR) is 197 cm³/mol. The molecule has 0 atom stereocenters. The van der Waals surface area contributed by atoms with Crippen molar-refractivity contribution in [1.29, 1.82) is 0 Å². The second kappa shape index (κ2) is 17.7. The summed E-state index contributed by atoms with van der Waals surface area (Å²) in [6.07, 6.45) is 0.466. The van der Waals surface area contributed by atoms with Crippen LogP contribution in [0.4, 0.5) is 0 Å². The van der Waals surface area contributed by atoms with Crippen molar-refractivity contribution in [2.24, 2.45) is 0 Å². The minimum Gasteiger partial charge on any atom is -0.493 e. The third kappa shape index (κ3) is 16.0. The van der Waals surface area contributed by atoms with Crippen LogP contribution in [-0.2, 0) is 43.6 Å². The maximum absolute atomic E-state index is 11.2. The summed E-state index contributed by atoms with van der Waals surface area (Å²) in [6, 6.07) is 8.15. The molecular formula is C36H62CaO8P2. The average molecular weight is 725 g/mol. The molecule has 47 heavy (non-hydrogen) atoms. The first-order valence-electron chi connectivity index (χ1n) is 16.2. The van der Waals surface area contributed by atoms with Crippen molar-refractivity contribution in [3.8, 4) is 11.5 Å². The van der Waals surface area contributed by atoms with Gasteiger partial charge in [0.15, 0.2) is 0 Å². The summed E-state index contributed by atoms with van der Waals surface area (Å²) in [4.78, 5) is 36.7. The van der Waals surface area contributed by atoms with Gasteiger partial charge >= 0.3 is 15.2 Å². The van der Waals surface area contributed by atoms with Gasteiger partial charge in [-0.15, -0.1) is 0 Å². The van der Waals surface area contributed by atoms with Crippen molar-refractivity contribution in [2.75, 3.05) is 25.5 Å². The quantitative estimate of drug-likeness (QED) is 0.142. The first-order valence-corrected chi connectivity index (χ1v) is 19.8. The number of ether oxygens (including phenoxy) is 2. The second-order valence-corrected chi connectivity index (χ2v) is 19.7. The van der Waals surface area contributed by atoms with Gasteiger partial charge in [-0.05, 0) is 59.5 Å². The van der Waals surface area contributed by atoms with E-state index < -0.39 is 15.2 Å². The van der Waals surface area contributed by atoms with Crippen molar-refractivity contribution >= 4 is 52.9 Å². The minimum atomic E-state index is -4.00. The maximum atomic E-state index is 11.2. The van der Waals surface area contributed by atoms with Crippen LogP contribution in [-0.4, -0.2) is 82.8 Å². The standard InChI is InChI=1S/2C18H31O4P.Ca/c2*1-8-22-16-14(17(2,3)4)11-13(9-10-23(19,20)21)12-15(16)18(5,6)7;/h2*11-12H,8-10H2,1-7H3,(H2,19,20,21);. The van der Waals surface area contributed by atoms with E-state index in [0.717, 1.165) is 44.9 Å². The fourth-order valence-corrected chi connectivity index (χ4v) is 6.14. The van der Waals surface area contributed by atoms with Crippen molar-refractivity contribution in [3.05, 3.63) is 57.6 Å². The summed E-state index contributed by atoms with van der Waals surface area (Å²) in [7, 11) is -8.00. The molecule has 11 heteroatoms. The number of benzene rings is 2. The Kier molecular flexibility index (Phi) is 17.5. The van der Waals surface area contributed by atoms with Crippen molar-refractivity contribution < 1.29 is 38.2 Å². The van der Waals surface area contributed by atoms with Crippen LogP contribution in [0.3, 0.4) is 0 Å². The van der Waals surface area contributed by atoms with Crippen LogP contribution in [0.1, 0.15) is 130 Å². The molecule has 0 bridgehead atoms. The zero-order chi connectivity index (χ0) is 36.1. The van der Waals surface area contributed by atoms with E-state index in [1.165, 1.54) is 0 Å². The summed E-state index contributed by atoms with van der Waals surface area (Å²) in [5, 5.41) is 0. The number of rotatable bonds is 10. The van der Waals surface area contributed by atoms with Gasteiger partial charge in [0, 0.05) is 60.0 Å². The van der Waals surface area contributed by atoms with Crippen LogP contribution in [0.25, 0.3) is 0 Å². The van der Waals surface area contributed by atoms with Gasteiger partial charge < -0.3 is 29.0 Å². The molecule has 2 aromatic rings. The summed E-state index contributed by atoms with van der Waals surface area (Å²) < 4.78 is 34.4. The van der Waals surface area contributed by atoms with E-state index in [-0.39, 0.29) is 71.7 Å². The molecule has 0 aliphatic heterocycles. The zero-order valence-electron chi connectivity index (χ0n) is 31.6. The molecule has 0 amide bonds. The van der Waals surface area contributed by atoms with Gasteiger partial charge in [-0.3, -0.25) is 9.13 Å². The van der Waals surface area contributed by atoms with Crippen molar-refractivity contribution in [3.63, 3.8) is 0 Å². The van der Waals surface area contributed by atoms with E-state index in [1.54, 1.807) is 0 Å². The molecule has 8 nitrogen and oxygen atoms in total. The van der Waals surface area contributed by atoms with E-state index in [9.17, 15) is 9.13 Å². The van der Waals surface area contributed by atoms with E-state index >= 15 is 0 Å². The van der Waals surface area contributed by atoms with E-state index in [1.807, 2.05) is 38.1 Å². The molecule has 0 unspecified atom stereocenters. The minimum absolute atomic E-state index is 0. The summed E-state index contributed by atoms with van der Waals surface area (Å²) in [6.45, 7) is 30.7. The average Bonchev–Trinajstić information content (AvgIpc) is 2.84. The number of aryl methyl sites for hydroxylation is 2. The molecule has 0 fully saturated rings. The first-order chi connectivity index (χ1) is 20.5. The van der Waals surface area contributed by atoms with Gasteiger partial charge in [0.1, 0.15) is 11.5 Å². The SMILES string of the molecule is CCOc1c(C(C)(C)C)cc(CCP(=O)(O)O)cc1C(C)(C)C.CCOc1c(C(C)(C)C)cc(CCP(=O)(O)O)cc1C(C)(C)C.[Ca]. The summed E-state index contributed by atoms with van der Waals surface area (Å²) in [5.74, 6) is 1.82. The van der Waals surface area contributed by atoms with E-state index in [2.05, 4.69) is 83.1 Å². The van der Waals surface area contributed by atoms with Gasteiger partial charge in [0.25, 0.3) is 0 Å². The van der Waals surface area contributed by atoms with Gasteiger partial charge in [-0.1, -0.05) is 107 Å². The first kappa shape index (κ1) is 46.6. The fraction of sp³-hybridized carbons (Fsp3) is 0.667. The summed E-state index contributed by atoms with van der Waals surface area (Å²) >= 11 is 0. The third-order valence-corrected chi connectivity index (χ3v) is 9.10. The molecule has 2 rings (SSSR count). The molecule has 0 heterocycles. The largest absolute Gasteiger partial charge is 0.493 e. The topological polar surface area (TPSA) is 134 Å². The van der Waals surface area contributed by atoms with Crippen LogP contribution >= 0.6 is 15.2 Å². The molecule has 0 aliphatic rings. The fourth-order valence-electron chi connectivity index (χ4n) is 5.04. The molecule has 0 saturated carbocycles. The van der Waals surface area contributed by atoms with Gasteiger partial charge in [-0.25, -0.2) is 0 Å². The van der Waals surface area contributed by atoms with Crippen LogP contribution < -0.4 is 9.47 Å². The molecule has 4 N–H and O–H groups in total. The Balaban J connectivity index is 0.000000882. The monoisotopic (exact) mass is 724 g/mol. The normalized spacial score (nSPS) is 13.0. The van der Waals surface area contributed by atoms with E-state index in [0.29, 0.717) is 26.1 Å². The van der Waals surface area contributed by atoms with Gasteiger partial charge in [0.2, 0.25) is 0 Å². The molecule has 0 aliphatic carbocycles. The Labute approximate surface area is 315 Å². The molecule has 0 aromatic heterocycles. The van der Waals surface area contributed by atoms with E-state index in [4.69, 9.17) is 29.0 Å². The predicted octanol–water partition coefficient (Wildman–Crippen LogP) is 8.42. The van der Waals surface area contributed by atoms with Gasteiger partial charge in [-0.2, -0.15) is 0 Å². The Bertz CT molecular complexity index is 1220. The molecule has 0 spiro atoms. The van der Waals surface area contributed by atoms with Crippen LogP contribution in [0.5, 0.6) is 11.5 Å². The molecule has 266 valence electrons. The van der Waals surface area contributed by atoms with Crippen LogP contribution in [0.2, 0.25) is 0 Å². The smallest absolute Gasteiger partial charge is 0.325 e. The summed E-state index contributed by atoms with van der Waals surface area (Å²) in [5.41, 5.74) is 5.83. The molecule has 2 radical (unpaired) electrons. The Morgan fingerprint density at radius 1 is 0.511 bits per heavy atom. The Morgan fingerprint density at radius 3 is 0.872 bits per heavy atom. The number of hydrogen-bond donors (Lipinski definition) is 4. The molecule has 0 saturated heterocycles. The molecule has 2 aromatic carbocycles. The third-order valence-electron chi connectivity index (χ3n) is 7.49. The Morgan fingerprint density at radius 2 is 0.723 bits per heavy atom. The van der Waals surface area contributed by atoms with Crippen LogP contribution in [0.15, 0.2) is 24.3 Å². The van der Waals surface area contributed by atoms with Gasteiger partial charge in [0.05, 0.1) is 25.5 Å². The zero-order valence-corrected chi connectivity index (χ0v) is 35.6. The van der Waals surface area contributed by atoms with Crippen molar-refractivity contribution in [1.82, 2.24) is 0 Å². The number of hydrogen-bond acceptors (Lipinski definition) is 4. The van der Waals surface area contributed by atoms with Crippen LogP contribution in [0, 0.1) is 0 Å². The Hall–Kier alpha value is -0.400. The van der Waals surface area contributed by atoms with Crippen molar-refractivity contribution in [2.45, 2.75) is 131 Å².